The van der Waals surface area contributed by atoms with Gasteiger partial charge in [0.1, 0.15) is 48.8 Å². The molecule has 0 amide bonds. The molecule has 2 aliphatic rings. The van der Waals surface area contributed by atoms with Crippen molar-refractivity contribution in [3.63, 3.8) is 0 Å². The second-order valence-electron chi connectivity index (χ2n) is 12.0. The quantitative estimate of drug-likeness (QED) is 0.0789. The Bertz CT molecular complexity index is 741. The molecule has 2 rings (SSSR count). The Morgan fingerprint density at radius 1 is 0.628 bits per heavy atom. The summed E-state index contributed by atoms with van der Waals surface area (Å²) in [4.78, 5) is 10.5. The van der Waals surface area contributed by atoms with Crippen molar-refractivity contribution >= 4 is 5.97 Å². The molecule has 2 fully saturated rings. The fourth-order valence-electron chi connectivity index (χ4n) is 5.59. The highest BCUT2D eigenvalue weighted by Crippen LogP contribution is 2.30. The van der Waals surface area contributed by atoms with Gasteiger partial charge in [0, 0.05) is 6.42 Å². The van der Waals surface area contributed by atoms with Gasteiger partial charge in [0.2, 0.25) is 0 Å². The molecular formula is C30H56O13. The molecule has 254 valence electrons. The topological polar surface area (TPSA) is 216 Å². The van der Waals surface area contributed by atoms with Crippen molar-refractivity contribution in [2.24, 2.45) is 0 Å². The van der Waals surface area contributed by atoms with E-state index in [1.54, 1.807) is 0 Å². The highest BCUT2D eigenvalue weighted by atomic mass is 16.8. The normalized spacial score (nSPS) is 33.9. The maximum Gasteiger partial charge on any atom is 0.303 e. The van der Waals surface area contributed by atoms with Crippen molar-refractivity contribution in [3.05, 3.63) is 0 Å². The predicted molar refractivity (Wildman–Crippen MR) is 154 cm³/mol. The molecule has 2 aliphatic heterocycles. The lowest BCUT2D eigenvalue weighted by Gasteiger charge is -2.46. The van der Waals surface area contributed by atoms with Crippen LogP contribution < -0.4 is 0 Å². The fraction of sp³-hybridized carbons (Fsp3) is 0.967. The van der Waals surface area contributed by atoms with Gasteiger partial charge in [0.05, 0.1) is 19.3 Å². The monoisotopic (exact) mass is 624 g/mol. The standard InChI is InChI=1S/C30H56O13/c1-19(15-13-11-9-7-5-3-2-4-6-8-10-12-14-16-22(33)34)40-30-28(26(38)24(36)21(18-32)42-30)43-29-27(39)25(37)23(35)20(17-31)41-29/h19-21,23-32,35-39H,2-18H2,1H3,(H,33,34)/t19?,20?,21?,23-,24-,25-,26-,27-,28?,29?,30+/m0/s1. The maximum absolute atomic E-state index is 10.7. The summed E-state index contributed by atoms with van der Waals surface area (Å²) in [6.07, 6.45) is 0.372. The van der Waals surface area contributed by atoms with Crippen LogP contribution in [0.4, 0.5) is 0 Å². The number of carbonyl (C=O) groups is 1. The van der Waals surface area contributed by atoms with E-state index in [1.807, 2.05) is 6.92 Å². The second-order valence-corrected chi connectivity index (χ2v) is 12.0. The minimum atomic E-state index is -1.71. The lowest BCUT2D eigenvalue weighted by atomic mass is 9.97. The average Bonchev–Trinajstić information content (AvgIpc) is 2.98. The highest BCUT2D eigenvalue weighted by molar-refractivity contribution is 5.66. The molecule has 0 saturated carbocycles. The van der Waals surface area contributed by atoms with Gasteiger partial charge < -0.3 is 59.8 Å². The van der Waals surface area contributed by atoms with Gasteiger partial charge in [-0.15, -0.1) is 0 Å². The Balaban J connectivity index is 1.68. The van der Waals surface area contributed by atoms with Crippen LogP contribution in [-0.2, 0) is 23.7 Å². The van der Waals surface area contributed by atoms with Crippen molar-refractivity contribution in [3.8, 4) is 0 Å². The molecule has 0 aromatic rings. The lowest BCUT2D eigenvalue weighted by molar-refractivity contribution is -0.371. The van der Waals surface area contributed by atoms with Crippen molar-refractivity contribution in [1.29, 1.82) is 0 Å². The van der Waals surface area contributed by atoms with Gasteiger partial charge in [0.15, 0.2) is 12.6 Å². The van der Waals surface area contributed by atoms with Crippen LogP contribution in [0, 0.1) is 0 Å². The maximum atomic E-state index is 10.7. The molecule has 2 saturated heterocycles. The van der Waals surface area contributed by atoms with Crippen LogP contribution in [0.5, 0.6) is 0 Å². The Morgan fingerprint density at radius 2 is 1.07 bits per heavy atom. The Morgan fingerprint density at radius 3 is 1.56 bits per heavy atom. The minimum absolute atomic E-state index is 0.269. The number of carboxylic acids is 1. The van der Waals surface area contributed by atoms with Crippen molar-refractivity contribution in [2.45, 2.75) is 171 Å². The van der Waals surface area contributed by atoms with E-state index in [0.717, 1.165) is 44.9 Å². The van der Waals surface area contributed by atoms with Crippen LogP contribution in [0.2, 0.25) is 0 Å². The second kappa shape index (κ2) is 20.9. The number of hydrogen-bond acceptors (Lipinski definition) is 12. The first-order valence-electron chi connectivity index (χ1n) is 16.1. The molecule has 11 atom stereocenters. The summed E-state index contributed by atoms with van der Waals surface area (Å²) in [5.41, 5.74) is 0. The van der Waals surface area contributed by atoms with E-state index in [2.05, 4.69) is 0 Å². The summed E-state index contributed by atoms with van der Waals surface area (Å²) >= 11 is 0. The minimum Gasteiger partial charge on any atom is -0.481 e. The van der Waals surface area contributed by atoms with E-state index >= 15 is 0 Å². The summed E-state index contributed by atoms with van der Waals surface area (Å²) in [7, 11) is 0. The zero-order chi connectivity index (χ0) is 31.8. The van der Waals surface area contributed by atoms with Crippen LogP contribution >= 0.6 is 0 Å². The molecule has 0 aromatic carbocycles. The van der Waals surface area contributed by atoms with Gasteiger partial charge in [-0.1, -0.05) is 77.0 Å². The SMILES string of the molecule is CC(CCCCCCCCCCCCCCCC(=O)O)O[C@@H]1OC(CO)[C@H](O)[C@H](O)C1OC1OC(CO)[C@H](O)[C@H](O)[C@@H]1O. The van der Waals surface area contributed by atoms with Crippen LogP contribution in [0.15, 0.2) is 0 Å². The molecule has 2 heterocycles. The Kier molecular flexibility index (Phi) is 18.6. The number of aliphatic hydroxyl groups is 7. The number of aliphatic carboxylic acids is 1. The third-order valence-electron chi connectivity index (χ3n) is 8.33. The van der Waals surface area contributed by atoms with E-state index in [-0.39, 0.29) is 12.5 Å². The van der Waals surface area contributed by atoms with Gasteiger partial charge in [-0.2, -0.15) is 0 Å². The van der Waals surface area contributed by atoms with E-state index in [0.29, 0.717) is 6.42 Å². The van der Waals surface area contributed by atoms with E-state index in [4.69, 9.17) is 24.1 Å². The predicted octanol–water partition coefficient (Wildman–Crippen LogP) is 0.952. The molecule has 43 heavy (non-hydrogen) atoms. The number of aliphatic hydroxyl groups excluding tert-OH is 7. The van der Waals surface area contributed by atoms with Gasteiger partial charge in [-0.05, 0) is 19.8 Å². The molecule has 0 bridgehead atoms. The van der Waals surface area contributed by atoms with E-state index in [9.17, 15) is 40.5 Å². The van der Waals surface area contributed by atoms with Gasteiger partial charge in [-0.3, -0.25) is 4.79 Å². The summed E-state index contributed by atoms with van der Waals surface area (Å²) in [6, 6.07) is 0. The van der Waals surface area contributed by atoms with Crippen LogP contribution in [0.25, 0.3) is 0 Å². The molecule has 0 aromatic heterocycles. The molecule has 0 spiro atoms. The third kappa shape index (κ3) is 13.1. The van der Waals surface area contributed by atoms with Crippen molar-refractivity contribution in [2.75, 3.05) is 13.2 Å². The first-order valence-corrected chi connectivity index (χ1v) is 16.1. The number of carboxylic acid groups (broad SMARTS) is 1. The van der Waals surface area contributed by atoms with Crippen LogP contribution in [-0.4, -0.2) is 128 Å². The average molecular weight is 625 g/mol. The van der Waals surface area contributed by atoms with Gasteiger partial charge in [-0.25, -0.2) is 0 Å². The number of ether oxygens (including phenoxy) is 4. The smallest absolute Gasteiger partial charge is 0.303 e. The zero-order valence-corrected chi connectivity index (χ0v) is 25.5. The first kappa shape index (κ1) is 38.2. The van der Waals surface area contributed by atoms with Crippen LogP contribution in [0.3, 0.4) is 0 Å². The summed E-state index contributed by atoms with van der Waals surface area (Å²) < 4.78 is 22.8. The van der Waals surface area contributed by atoms with Crippen molar-refractivity contribution < 1.29 is 64.6 Å². The third-order valence-corrected chi connectivity index (χ3v) is 8.33. The van der Waals surface area contributed by atoms with Crippen molar-refractivity contribution in [1.82, 2.24) is 0 Å². The summed E-state index contributed by atoms with van der Waals surface area (Å²) in [5.74, 6) is -0.715. The molecule has 0 radical (unpaired) electrons. The van der Waals surface area contributed by atoms with Crippen LogP contribution in [0.1, 0.15) is 103 Å². The molecule has 13 heteroatoms. The molecular weight excluding hydrogens is 568 g/mol. The number of hydrogen-bond donors (Lipinski definition) is 8. The fourth-order valence-corrected chi connectivity index (χ4v) is 5.59. The molecule has 5 unspecified atom stereocenters. The Labute approximate surface area is 254 Å². The van der Waals surface area contributed by atoms with E-state index in [1.165, 1.54) is 38.5 Å². The summed E-state index contributed by atoms with van der Waals surface area (Å²) in [6.45, 7) is 0.610. The zero-order valence-electron chi connectivity index (χ0n) is 25.5. The highest BCUT2D eigenvalue weighted by Gasteiger charge is 2.51. The number of rotatable bonds is 22. The lowest BCUT2D eigenvalue weighted by Crippen LogP contribution is -2.64. The Hall–Kier alpha value is -0.970. The molecule has 8 N–H and O–H groups in total. The first-order chi connectivity index (χ1) is 20.6. The largest absolute Gasteiger partial charge is 0.481 e. The number of unbranched alkanes of at least 4 members (excludes halogenated alkanes) is 12. The molecule has 0 aliphatic carbocycles. The van der Waals surface area contributed by atoms with E-state index < -0.39 is 80.6 Å². The van der Waals surface area contributed by atoms with Gasteiger partial charge >= 0.3 is 5.97 Å². The summed E-state index contributed by atoms with van der Waals surface area (Å²) in [5, 5.41) is 79.3. The molecule has 13 nitrogen and oxygen atoms in total. The van der Waals surface area contributed by atoms with Gasteiger partial charge in [0.25, 0.3) is 0 Å².